The zero-order chi connectivity index (χ0) is 10.7. The van der Waals surface area contributed by atoms with Gasteiger partial charge in [0.25, 0.3) is 0 Å². The van der Waals surface area contributed by atoms with Crippen molar-refractivity contribution in [2.24, 2.45) is 5.73 Å². The lowest BCUT2D eigenvalue weighted by Crippen LogP contribution is -2.00. The van der Waals surface area contributed by atoms with Crippen molar-refractivity contribution in [1.29, 1.82) is 0 Å². The van der Waals surface area contributed by atoms with E-state index >= 15 is 0 Å². The Morgan fingerprint density at radius 3 is 3.00 bits per heavy atom. The Morgan fingerprint density at radius 2 is 2.27 bits per heavy atom. The van der Waals surface area contributed by atoms with E-state index in [1.165, 1.54) is 5.56 Å². The van der Waals surface area contributed by atoms with Gasteiger partial charge in [-0.3, -0.25) is 0 Å². The molecule has 1 heterocycles. The molecule has 1 aromatic carbocycles. The fourth-order valence-corrected chi connectivity index (χ4v) is 1.60. The van der Waals surface area contributed by atoms with Gasteiger partial charge in [0.15, 0.2) is 11.5 Å². The Labute approximate surface area is 89.3 Å². The second kappa shape index (κ2) is 4.45. The molecule has 1 aromatic heterocycles. The summed E-state index contributed by atoms with van der Waals surface area (Å²) < 4.78 is 5.60. The number of rotatable bonds is 4. The number of nitrogens with zero attached hydrogens (tertiary/aromatic N) is 1. The molecule has 0 aliphatic heterocycles. The van der Waals surface area contributed by atoms with Crippen molar-refractivity contribution in [2.45, 2.75) is 26.2 Å². The van der Waals surface area contributed by atoms with Crippen LogP contribution in [0.5, 0.6) is 0 Å². The van der Waals surface area contributed by atoms with E-state index in [2.05, 4.69) is 24.0 Å². The van der Waals surface area contributed by atoms with Gasteiger partial charge in [0, 0.05) is 6.42 Å². The van der Waals surface area contributed by atoms with Crippen LogP contribution in [-0.4, -0.2) is 11.5 Å². The van der Waals surface area contributed by atoms with Gasteiger partial charge in [0.1, 0.15) is 5.52 Å². The molecule has 80 valence electrons. The van der Waals surface area contributed by atoms with Crippen molar-refractivity contribution in [3.05, 3.63) is 29.7 Å². The second-order valence-corrected chi connectivity index (χ2v) is 3.66. The second-order valence-electron chi connectivity index (χ2n) is 3.66. The Balaban J connectivity index is 2.29. The summed E-state index contributed by atoms with van der Waals surface area (Å²) in [6, 6.07) is 6.16. The van der Waals surface area contributed by atoms with Gasteiger partial charge in [-0.1, -0.05) is 13.0 Å². The Kier molecular flexibility index (Phi) is 3.02. The van der Waals surface area contributed by atoms with Gasteiger partial charge < -0.3 is 10.2 Å². The lowest BCUT2D eigenvalue weighted by atomic mass is 10.1. The smallest absolute Gasteiger partial charge is 0.195 e. The fourth-order valence-electron chi connectivity index (χ4n) is 1.60. The molecule has 2 rings (SSSR count). The number of oxazole rings is 1. The molecule has 3 heteroatoms. The topological polar surface area (TPSA) is 52.0 Å². The van der Waals surface area contributed by atoms with E-state index in [-0.39, 0.29) is 0 Å². The predicted octanol–water partition coefficient (Wildman–Crippen LogP) is 2.28. The number of hydrogen-bond acceptors (Lipinski definition) is 3. The molecule has 2 aromatic rings. The maximum Gasteiger partial charge on any atom is 0.195 e. The van der Waals surface area contributed by atoms with Gasteiger partial charge in [-0.25, -0.2) is 4.98 Å². The van der Waals surface area contributed by atoms with E-state index in [4.69, 9.17) is 10.2 Å². The average molecular weight is 204 g/mol. The summed E-state index contributed by atoms with van der Waals surface area (Å²) in [4.78, 5) is 4.44. The average Bonchev–Trinajstić information content (AvgIpc) is 2.67. The van der Waals surface area contributed by atoms with Crippen molar-refractivity contribution in [1.82, 2.24) is 4.98 Å². The summed E-state index contributed by atoms with van der Waals surface area (Å²) in [5, 5.41) is 0. The summed E-state index contributed by atoms with van der Waals surface area (Å²) in [7, 11) is 0. The molecule has 3 nitrogen and oxygen atoms in total. The molecule has 0 aliphatic rings. The van der Waals surface area contributed by atoms with Gasteiger partial charge >= 0.3 is 0 Å². The minimum absolute atomic E-state index is 0.679. The zero-order valence-electron chi connectivity index (χ0n) is 8.99. The minimum Gasteiger partial charge on any atom is -0.441 e. The Morgan fingerprint density at radius 1 is 1.40 bits per heavy atom. The van der Waals surface area contributed by atoms with Crippen LogP contribution in [0, 0.1) is 0 Å². The molecular weight excluding hydrogens is 188 g/mol. The van der Waals surface area contributed by atoms with Crippen LogP contribution in [0.4, 0.5) is 0 Å². The van der Waals surface area contributed by atoms with Crippen LogP contribution >= 0.6 is 0 Å². The number of aromatic nitrogens is 1. The maximum atomic E-state index is 5.60. The number of fused-ring (bicyclic) bond motifs is 1. The summed E-state index contributed by atoms with van der Waals surface area (Å²) >= 11 is 0. The van der Waals surface area contributed by atoms with E-state index in [1.807, 2.05) is 6.07 Å². The highest BCUT2D eigenvalue weighted by Crippen LogP contribution is 2.18. The van der Waals surface area contributed by atoms with Crippen LogP contribution in [0.3, 0.4) is 0 Å². The largest absolute Gasteiger partial charge is 0.441 e. The van der Waals surface area contributed by atoms with Crippen molar-refractivity contribution < 1.29 is 4.42 Å². The first-order valence-corrected chi connectivity index (χ1v) is 5.42. The third-order valence-corrected chi connectivity index (χ3v) is 2.50. The number of aryl methyl sites for hydroxylation is 2. The Hall–Kier alpha value is -1.35. The van der Waals surface area contributed by atoms with Crippen LogP contribution in [-0.2, 0) is 12.8 Å². The van der Waals surface area contributed by atoms with Gasteiger partial charge in [-0.05, 0) is 37.1 Å². The third-order valence-electron chi connectivity index (χ3n) is 2.50. The van der Waals surface area contributed by atoms with Crippen LogP contribution in [0.1, 0.15) is 24.8 Å². The summed E-state index contributed by atoms with van der Waals surface area (Å²) in [5.74, 6) is 0.795. The van der Waals surface area contributed by atoms with Gasteiger partial charge in [-0.15, -0.1) is 0 Å². The van der Waals surface area contributed by atoms with E-state index in [1.54, 1.807) is 0 Å². The molecule has 0 amide bonds. The molecule has 15 heavy (non-hydrogen) atoms. The van der Waals surface area contributed by atoms with Gasteiger partial charge in [-0.2, -0.15) is 0 Å². The molecule has 0 saturated heterocycles. The van der Waals surface area contributed by atoms with Crippen LogP contribution in [0.25, 0.3) is 11.1 Å². The molecule has 0 bridgehead atoms. The van der Waals surface area contributed by atoms with Crippen molar-refractivity contribution in [3.63, 3.8) is 0 Å². The SMILES string of the molecule is CCc1ccc2oc(CCCN)nc2c1. The molecule has 2 N–H and O–H groups in total. The van der Waals surface area contributed by atoms with E-state index in [9.17, 15) is 0 Å². The number of hydrogen-bond donors (Lipinski definition) is 1. The van der Waals surface area contributed by atoms with Crippen molar-refractivity contribution >= 4 is 11.1 Å². The zero-order valence-corrected chi connectivity index (χ0v) is 8.99. The lowest BCUT2D eigenvalue weighted by molar-refractivity contribution is 0.521. The first-order valence-electron chi connectivity index (χ1n) is 5.42. The summed E-state index contributed by atoms with van der Waals surface area (Å²) in [6.45, 7) is 2.81. The highest BCUT2D eigenvalue weighted by atomic mass is 16.3. The molecular formula is C12H16N2O. The highest BCUT2D eigenvalue weighted by molar-refractivity contribution is 5.73. The van der Waals surface area contributed by atoms with Crippen LogP contribution < -0.4 is 5.73 Å². The third kappa shape index (κ3) is 2.18. The molecule has 0 aliphatic carbocycles. The monoisotopic (exact) mass is 204 g/mol. The van der Waals surface area contributed by atoms with Crippen LogP contribution in [0.2, 0.25) is 0 Å². The first kappa shape index (κ1) is 10.2. The highest BCUT2D eigenvalue weighted by Gasteiger charge is 2.05. The minimum atomic E-state index is 0.679. The van der Waals surface area contributed by atoms with E-state index in [0.717, 1.165) is 36.3 Å². The predicted molar refractivity (Wildman–Crippen MR) is 60.8 cm³/mol. The van der Waals surface area contributed by atoms with Crippen molar-refractivity contribution in [2.75, 3.05) is 6.54 Å². The molecule has 0 radical (unpaired) electrons. The molecule has 0 saturated carbocycles. The Bertz CT molecular complexity index is 448. The van der Waals surface area contributed by atoms with Gasteiger partial charge in [0.05, 0.1) is 0 Å². The molecule has 0 unspecified atom stereocenters. The fraction of sp³-hybridized carbons (Fsp3) is 0.417. The normalized spacial score (nSPS) is 11.1. The molecule has 0 fully saturated rings. The van der Waals surface area contributed by atoms with Crippen LogP contribution in [0.15, 0.2) is 22.6 Å². The lowest BCUT2D eigenvalue weighted by Gasteiger charge is -1.92. The van der Waals surface area contributed by atoms with E-state index in [0.29, 0.717) is 6.54 Å². The number of benzene rings is 1. The number of nitrogens with two attached hydrogens (primary N) is 1. The first-order chi connectivity index (χ1) is 7.33. The van der Waals surface area contributed by atoms with E-state index < -0.39 is 0 Å². The van der Waals surface area contributed by atoms with Gasteiger partial charge in [0.2, 0.25) is 0 Å². The molecule has 0 atom stereocenters. The standard InChI is InChI=1S/C12H16N2O/c1-2-9-5-6-11-10(8-9)14-12(15-11)4-3-7-13/h5-6,8H,2-4,7,13H2,1H3. The molecule has 0 spiro atoms. The van der Waals surface area contributed by atoms with Crippen molar-refractivity contribution in [3.8, 4) is 0 Å². The summed E-state index contributed by atoms with van der Waals surface area (Å²) in [6.07, 6.45) is 2.78. The summed E-state index contributed by atoms with van der Waals surface area (Å²) in [5.41, 5.74) is 8.57. The maximum absolute atomic E-state index is 5.60. The quantitative estimate of drug-likeness (QED) is 0.831.